The molecule has 2 heterocycles. The van der Waals surface area contributed by atoms with Crippen LogP contribution in [0.3, 0.4) is 0 Å². The number of hydrogen-bond donors (Lipinski definition) is 1. The highest BCUT2D eigenvalue weighted by molar-refractivity contribution is 6.00. The summed E-state index contributed by atoms with van der Waals surface area (Å²) in [6.45, 7) is 7.71. The molecule has 0 unspecified atom stereocenters. The predicted octanol–water partition coefficient (Wildman–Crippen LogP) is 6.64. The van der Waals surface area contributed by atoms with Crippen molar-refractivity contribution in [2.45, 2.75) is 58.8 Å². The largest absolute Gasteiger partial charge is 0.493 e. The van der Waals surface area contributed by atoms with Gasteiger partial charge in [-0.05, 0) is 99.0 Å². The SMILES string of the molecule is Cc1c(-c2c([C@H](OC(C)(C)C)C(=O)O)n(C)c(=O)c3cc(OCc4ccc(F)cc4F)ccc23)ccc2c1CCCO2. The van der Waals surface area contributed by atoms with Crippen molar-refractivity contribution >= 4 is 16.7 Å². The Hall–Kier alpha value is -4.24. The van der Waals surface area contributed by atoms with Crippen LogP contribution in [0.15, 0.2) is 53.3 Å². The summed E-state index contributed by atoms with van der Waals surface area (Å²) < 4.78 is 46.5. The summed E-state index contributed by atoms with van der Waals surface area (Å²) >= 11 is 0. The lowest BCUT2D eigenvalue weighted by Gasteiger charge is -2.29. The Labute approximate surface area is 242 Å². The summed E-state index contributed by atoms with van der Waals surface area (Å²) in [4.78, 5) is 26.5. The standard InChI is InChI=1S/C33H33F2NO6/c1-18-22-7-6-14-40-27(22)13-12-23(18)28-24-11-10-21(41-17-19-8-9-20(34)15-26(19)35)16-25(24)31(37)36(5)29(28)30(32(38)39)42-33(2,3)4/h8-13,15-16,30H,6-7,14,17H2,1-5H3,(H,38,39)/t30-/m0/s1. The van der Waals surface area contributed by atoms with Crippen LogP contribution in [-0.4, -0.2) is 27.9 Å². The fraction of sp³-hybridized carbons (Fsp3) is 0.333. The smallest absolute Gasteiger partial charge is 0.339 e. The number of halogens is 2. The average Bonchev–Trinajstić information content (AvgIpc) is 2.93. The highest BCUT2D eigenvalue weighted by atomic mass is 19.1. The molecule has 1 aliphatic heterocycles. The van der Waals surface area contributed by atoms with Gasteiger partial charge in [-0.2, -0.15) is 0 Å². The highest BCUT2D eigenvalue weighted by Crippen LogP contribution is 2.42. The zero-order chi connectivity index (χ0) is 30.3. The molecule has 0 fully saturated rings. The Kier molecular flexibility index (Phi) is 7.81. The number of carboxylic acid groups (broad SMARTS) is 1. The van der Waals surface area contributed by atoms with Gasteiger partial charge in [-0.15, -0.1) is 0 Å². The molecule has 220 valence electrons. The van der Waals surface area contributed by atoms with Crippen molar-refractivity contribution in [3.05, 3.63) is 92.9 Å². The van der Waals surface area contributed by atoms with Gasteiger partial charge in [-0.1, -0.05) is 6.07 Å². The Morgan fingerprint density at radius 1 is 1.10 bits per heavy atom. The van der Waals surface area contributed by atoms with E-state index in [1.54, 1.807) is 39.0 Å². The van der Waals surface area contributed by atoms with Gasteiger partial charge in [-0.3, -0.25) is 4.79 Å². The van der Waals surface area contributed by atoms with E-state index in [2.05, 4.69) is 0 Å². The average molecular weight is 578 g/mol. The highest BCUT2D eigenvalue weighted by Gasteiger charge is 2.34. The summed E-state index contributed by atoms with van der Waals surface area (Å²) in [6, 6.07) is 11.9. The number of fused-ring (bicyclic) bond motifs is 2. The lowest BCUT2D eigenvalue weighted by atomic mass is 9.88. The minimum atomic E-state index is -1.44. The quantitative estimate of drug-likeness (QED) is 0.265. The minimum absolute atomic E-state index is 0.163. The van der Waals surface area contributed by atoms with Crippen molar-refractivity contribution in [3.8, 4) is 22.6 Å². The summed E-state index contributed by atoms with van der Waals surface area (Å²) in [5.74, 6) is -1.54. The topological polar surface area (TPSA) is 87.0 Å². The van der Waals surface area contributed by atoms with E-state index in [1.165, 1.54) is 17.7 Å². The summed E-state index contributed by atoms with van der Waals surface area (Å²) in [7, 11) is 1.53. The second-order valence-electron chi connectivity index (χ2n) is 11.5. The number of pyridine rings is 1. The molecule has 0 amide bonds. The van der Waals surface area contributed by atoms with Gasteiger partial charge in [0.2, 0.25) is 0 Å². The number of benzene rings is 3. The molecule has 3 aromatic carbocycles. The molecule has 0 bridgehead atoms. The van der Waals surface area contributed by atoms with Crippen LogP contribution >= 0.6 is 0 Å². The zero-order valence-electron chi connectivity index (χ0n) is 24.2. The summed E-state index contributed by atoms with van der Waals surface area (Å²) in [5.41, 5.74) is 2.42. The first-order valence-electron chi connectivity index (χ1n) is 13.8. The molecule has 9 heteroatoms. The van der Waals surface area contributed by atoms with Crippen LogP contribution in [0.5, 0.6) is 11.5 Å². The molecule has 0 saturated carbocycles. The molecule has 0 spiro atoms. The lowest BCUT2D eigenvalue weighted by molar-refractivity contribution is -0.161. The van der Waals surface area contributed by atoms with E-state index >= 15 is 0 Å². The third kappa shape index (κ3) is 5.61. The third-order valence-electron chi connectivity index (χ3n) is 7.42. The summed E-state index contributed by atoms with van der Waals surface area (Å²) in [6.07, 6.45) is 0.233. The molecular formula is C33H33F2NO6. The van der Waals surface area contributed by atoms with Crippen LogP contribution in [0.2, 0.25) is 0 Å². The second-order valence-corrected chi connectivity index (χ2v) is 11.5. The molecule has 0 aliphatic carbocycles. The van der Waals surface area contributed by atoms with Crippen LogP contribution in [-0.2, 0) is 29.6 Å². The van der Waals surface area contributed by atoms with Crippen LogP contribution in [0.1, 0.15) is 55.7 Å². The number of nitrogens with zero attached hydrogens (tertiary/aromatic N) is 1. The number of hydrogen-bond acceptors (Lipinski definition) is 5. The van der Waals surface area contributed by atoms with E-state index < -0.39 is 34.9 Å². The van der Waals surface area contributed by atoms with Gasteiger partial charge in [0.1, 0.15) is 29.7 Å². The number of rotatable bonds is 7. The van der Waals surface area contributed by atoms with Crippen molar-refractivity contribution in [2.24, 2.45) is 7.05 Å². The molecule has 42 heavy (non-hydrogen) atoms. The van der Waals surface area contributed by atoms with Gasteiger partial charge in [0, 0.05) is 24.2 Å². The number of aliphatic carboxylic acids is 1. The Bertz CT molecular complexity index is 1750. The fourth-order valence-electron chi connectivity index (χ4n) is 5.45. The van der Waals surface area contributed by atoms with Gasteiger partial charge in [0.15, 0.2) is 6.10 Å². The van der Waals surface area contributed by atoms with Crippen molar-refractivity contribution in [2.75, 3.05) is 6.61 Å². The molecule has 1 aromatic heterocycles. The van der Waals surface area contributed by atoms with Crippen molar-refractivity contribution in [1.82, 2.24) is 4.57 Å². The van der Waals surface area contributed by atoms with Crippen molar-refractivity contribution in [1.29, 1.82) is 0 Å². The molecule has 1 N–H and O–H groups in total. The first-order chi connectivity index (χ1) is 19.9. The molecule has 0 radical (unpaired) electrons. The van der Waals surface area contributed by atoms with Gasteiger partial charge in [0.05, 0.1) is 23.3 Å². The normalized spacial score (nSPS) is 13.9. The van der Waals surface area contributed by atoms with Gasteiger partial charge < -0.3 is 23.9 Å². The van der Waals surface area contributed by atoms with Gasteiger partial charge >= 0.3 is 5.97 Å². The first-order valence-corrected chi connectivity index (χ1v) is 13.8. The Morgan fingerprint density at radius 2 is 1.86 bits per heavy atom. The predicted molar refractivity (Wildman–Crippen MR) is 155 cm³/mol. The number of carbonyl (C=O) groups is 1. The van der Waals surface area contributed by atoms with Crippen LogP contribution in [0.4, 0.5) is 8.78 Å². The summed E-state index contributed by atoms with van der Waals surface area (Å²) in [5, 5.41) is 11.2. The van der Waals surface area contributed by atoms with E-state index in [9.17, 15) is 23.5 Å². The van der Waals surface area contributed by atoms with Crippen LogP contribution in [0, 0.1) is 18.6 Å². The lowest BCUT2D eigenvalue weighted by Crippen LogP contribution is -2.33. The van der Waals surface area contributed by atoms with E-state index in [-0.39, 0.29) is 17.9 Å². The van der Waals surface area contributed by atoms with E-state index in [4.69, 9.17) is 14.2 Å². The van der Waals surface area contributed by atoms with Gasteiger partial charge in [0.25, 0.3) is 5.56 Å². The van der Waals surface area contributed by atoms with E-state index in [0.29, 0.717) is 28.7 Å². The molecule has 4 aromatic rings. The molecule has 7 nitrogen and oxygen atoms in total. The van der Waals surface area contributed by atoms with Crippen LogP contribution < -0.4 is 15.0 Å². The second kappa shape index (κ2) is 11.2. The zero-order valence-corrected chi connectivity index (χ0v) is 24.2. The molecule has 1 aliphatic rings. The maximum absolute atomic E-state index is 14.2. The van der Waals surface area contributed by atoms with Crippen LogP contribution in [0.25, 0.3) is 21.9 Å². The molecule has 1 atom stereocenters. The fourth-order valence-corrected chi connectivity index (χ4v) is 5.45. The molecule has 0 saturated heterocycles. The van der Waals surface area contributed by atoms with Crippen molar-refractivity contribution < 1.29 is 32.9 Å². The molecular weight excluding hydrogens is 544 g/mol. The third-order valence-corrected chi connectivity index (χ3v) is 7.42. The first kappa shape index (κ1) is 29.3. The monoisotopic (exact) mass is 577 g/mol. The van der Waals surface area contributed by atoms with Crippen molar-refractivity contribution in [3.63, 3.8) is 0 Å². The maximum atomic E-state index is 14.2. The Morgan fingerprint density at radius 3 is 2.55 bits per heavy atom. The number of ether oxygens (including phenoxy) is 3. The Balaban J connectivity index is 1.73. The van der Waals surface area contributed by atoms with E-state index in [1.807, 2.05) is 19.1 Å². The number of carboxylic acids is 1. The maximum Gasteiger partial charge on any atom is 0.339 e. The van der Waals surface area contributed by atoms with Gasteiger partial charge in [-0.25, -0.2) is 13.6 Å². The van der Waals surface area contributed by atoms with E-state index in [0.717, 1.165) is 47.4 Å². The number of aromatic nitrogens is 1. The minimum Gasteiger partial charge on any atom is -0.493 e. The molecule has 5 rings (SSSR count).